The summed E-state index contributed by atoms with van der Waals surface area (Å²) in [5.41, 5.74) is 1.26. The summed E-state index contributed by atoms with van der Waals surface area (Å²) in [5, 5.41) is 9.01. The smallest absolute Gasteiger partial charge is 0.346 e. The molecule has 0 amide bonds. The molecule has 0 saturated heterocycles. The standard InChI is InChI=1S/C13H14N2O4S2/c1-9-7-11(20-12(9)13(16)17)21(18,19)15(2)8-10-3-5-14-6-4-10/h3-7H,8H2,1-2H3,(H,16,17). The van der Waals surface area contributed by atoms with E-state index in [1.807, 2.05) is 0 Å². The van der Waals surface area contributed by atoms with Crippen LogP contribution in [0.25, 0.3) is 0 Å². The number of hydrogen-bond donors (Lipinski definition) is 1. The van der Waals surface area contributed by atoms with Crippen LogP contribution in [0.3, 0.4) is 0 Å². The van der Waals surface area contributed by atoms with E-state index in [-0.39, 0.29) is 15.6 Å². The maximum atomic E-state index is 12.5. The van der Waals surface area contributed by atoms with E-state index >= 15 is 0 Å². The molecule has 0 spiro atoms. The van der Waals surface area contributed by atoms with Crippen molar-refractivity contribution in [1.82, 2.24) is 9.29 Å². The zero-order chi connectivity index (χ0) is 15.6. The molecule has 0 radical (unpaired) electrons. The topological polar surface area (TPSA) is 87.6 Å². The van der Waals surface area contributed by atoms with E-state index < -0.39 is 16.0 Å². The van der Waals surface area contributed by atoms with Gasteiger partial charge in [0.1, 0.15) is 9.09 Å². The fraction of sp³-hybridized carbons (Fsp3) is 0.231. The van der Waals surface area contributed by atoms with Crippen LogP contribution in [0.1, 0.15) is 20.8 Å². The second-order valence-electron chi connectivity index (χ2n) is 4.50. The van der Waals surface area contributed by atoms with Gasteiger partial charge in [-0.1, -0.05) is 0 Å². The van der Waals surface area contributed by atoms with Gasteiger partial charge < -0.3 is 5.11 Å². The number of carbonyl (C=O) groups is 1. The number of nitrogens with zero attached hydrogens (tertiary/aromatic N) is 2. The number of pyridine rings is 1. The summed E-state index contributed by atoms with van der Waals surface area (Å²) in [6.45, 7) is 1.78. The van der Waals surface area contributed by atoms with Gasteiger partial charge in [0, 0.05) is 26.0 Å². The van der Waals surface area contributed by atoms with Gasteiger partial charge in [0.25, 0.3) is 10.0 Å². The molecule has 2 aromatic rings. The van der Waals surface area contributed by atoms with Crippen LogP contribution in [0.15, 0.2) is 34.8 Å². The maximum Gasteiger partial charge on any atom is 0.346 e. The molecular weight excluding hydrogens is 312 g/mol. The molecule has 0 aliphatic rings. The summed E-state index contributed by atoms with van der Waals surface area (Å²) in [4.78, 5) is 14.9. The lowest BCUT2D eigenvalue weighted by molar-refractivity contribution is 0.0701. The quantitative estimate of drug-likeness (QED) is 0.907. The Morgan fingerprint density at radius 3 is 2.52 bits per heavy atom. The largest absolute Gasteiger partial charge is 0.477 e. The van der Waals surface area contributed by atoms with Crippen LogP contribution in [-0.2, 0) is 16.6 Å². The van der Waals surface area contributed by atoms with E-state index in [1.54, 1.807) is 31.5 Å². The molecule has 6 nitrogen and oxygen atoms in total. The number of sulfonamides is 1. The first kappa shape index (κ1) is 15.6. The molecule has 0 saturated carbocycles. The van der Waals surface area contributed by atoms with Crippen molar-refractivity contribution < 1.29 is 18.3 Å². The van der Waals surface area contributed by atoms with Gasteiger partial charge in [0.05, 0.1) is 0 Å². The van der Waals surface area contributed by atoms with Crippen LogP contribution in [-0.4, -0.2) is 35.8 Å². The summed E-state index contributed by atoms with van der Waals surface area (Å²) in [6, 6.07) is 4.86. The van der Waals surface area contributed by atoms with E-state index in [0.717, 1.165) is 16.9 Å². The second kappa shape index (κ2) is 5.92. The molecule has 0 aliphatic carbocycles. The van der Waals surface area contributed by atoms with Crippen molar-refractivity contribution in [2.24, 2.45) is 0 Å². The van der Waals surface area contributed by atoms with Crippen molar-refractivity contribution in [2.75, 3.05) is 7.05 Å². The molecule has 2 heterocycles. The van der Waals surface area contributed by atoms with Gasteiger partial charge in [-0.25, -0.2) is 13.2 Å². The Morgan fingerprint density at radius 2 is 2.00 bits per heavy atom. The molecule has 1 N–H and O–H groups in total. The lowest BCUT2D eigenvalue weighted by Gasteiger charge is -2.15. The van der Waals surface area contributed by atoms with Crippen molar-refractivity contribution in [3.8, 4) is 0 Å². The normalized spacial score (nSPS) is 11.8. The highest BCUT2D eigenvalue weighted by Gasteiger charge is 2.25. The Bertz CT molecular complexity index is 754. The molecule has 0 aromatic carbocycles. The summed E-state index contributed by atoms with van der Waals surface area (Å²) >= 11 is 0.772. The molecule has 2 rings (SSSR count). The van der Waals surface area contributed by atoms with Crippen molar-refractivity contribution in [1.29, 1.82) is 0 Å². The minimum atomic E-state index is -3.70. The molecule has 8 heteroatoms. The first-order valence-electron chi connectivity index (χ1n) is 6.01. The zero-order valence-corrected chi connectivity index (χ0v) is 13.1. The van der Waals surface area contributed by atoms with Crippen molar-refractivity contribution in [2.45, 2.75) is 17.7 Å². The first-order chi connectivity index (χ1) is 9.82. The minimum absolute atomic E-state index is 0.0361. The van der Waals surface area contributed by atoms with Crippen LogP contribution in [0, 0.1) is 6.92 Å². The molecule has 0 unspecified atom stereocenters. The van der Waals surface area contributed by atoms with Gasteiger partial charge in [-0.15, -0.1) is 11.3 Å². The highest BCUT2D eigenvalue weighted by molar-refractivity contribution is 7.91. The number of thiophene rings is 1. The number of rotatable bonds is 5. The third-order valence-electron chi connectivity index (χ3n) is 2.91. The zero-order valence-electron chi connectivity index (χ0n) is 11.5. The third-order valence-corrected chi connectivity index (χ3v) is 6.39. The van der Waals surface area contributed by atoms with Crippen LogP contribution in [0.4, 0.5) is 0 Å². The monoisotopic (exact) mass is 326 g/mol. The van der Waals surface area contributed by atoms with Crippen LogP contribution < -0.4 is 0 Å². The van der Waals surface area contributed by atoms with E-state index in [1.165, 1.54) is 17.4 Å². The maximum absolute atomic E-state index is 12.5. The van der Waals surface area contributed by atoms with E-state index in [9.17, 15) is 13.2 Å². The van der Waals surface area contributed by atoms with Crippen LogP contribution in [0.5, 0.6) is 0 Å². The van der Waals surface area contributed by atoms with Gasteiger partial charge in [0.2, 0.25) is 0 Å². The van der Waals surface area contributed by atoms with Gasteiger partial charge >= 0.3 is 5.97 Å². The van der Waals surface area contributed by atoms with Crippen molar-refractivity contribution in [3.05, 3.63) is 46.6 Å². The highest BCUT2D eigenvalue weighted by Crippen LogP contribution is 2.28. The summed E-state index contributed by atoms with van der Waals surface area (Å²) in [6.07, 6.45) is 3.18. The fourth-order valence-corrected chi connectivity index (χ4v) is 4.53. The lowest BCUT2D eigenvalue weighted by Crippen LogP contribution is -2.25. The number of carboxylic acids is 1. The Hall–Kier alpha value is -1.77. The SMILES string of the molecule is Cc1cc(S(=O)(=O)N(C)Cc2ccncc2)sc1C(=O)O. The van der Waals surface area contributed by atoms with E-state index in [0.29, 0.717) is 5.56 Å². The second-order valence-corrected chi connectivity index (χ2v) is 7.82. The average Bonchev–Trinajstić information content (AvgIpc) is 2.82. The van der Waals surface area contributed by atoms with Crippen LogP contribution in [0.2, 0.25) is 0 Å². The molecule has 21 heavy (non-hydrogen) atoms. The molecule has 0 aliphatic heterocycles. The van der Waals surface area contributed by atoms with E-state index in [4.69, 9.17) is 5.11 Å². The number of aromatic carboxylic acids is 1. The third kappa shape index (κ3) is 3.29. The molecule has 112 valence electrons. The van der Waals surface area contributed by atoms with Crippen molar-refractivity contribution >= 4 is 27.3 Å². The highest BCUT2D eigenvalue weighted by atomic mass is 32.2. The molecule has 2 aromatic heterocycles. The Balaban J connectivity index is 2.29. The van der Waals surface area contributed by atoms with Gasteiger partial charge in [0.15, 0.2) is 0 Å². The summed E-state index contributed by atoms with van der Waals surface area (Å²) in [7, 11) is -2.24. The number of aromatic nitrogens is 1. The van der Waals surface area contributed by atoms with Crippen molar-refractivity contribution in [3.63, 3.8) is 0 Å². The average molecular weight is 326 g/mol. The van der Waals surface area contributed by atoms with Gasteiger partial charge in [-0.05, 0) is 36.2 Å². The Kier molecular flexibility index (Phi) is 4.40. The molecule has 0 fully saturated rings. The predicted octanol–water partition coefficient (Wildman–Crippen LogP) is 1.97. The van der Waals surface area contributed by atoms with Gasteiger partial charge in [-0.3, -0.25) is 4.98 Å². The van der Waals surface area contributed by atoms with Gasteiger partial charge in [-0.2, -0.15) is 4.31 Å². The Morgan fingerprint density at radius 1 is 1.38 bits per heavy atom. The first-order valence-corrected chi connectivity index (χ1v) is 8.27. The Labute approximate surface area is 126 Å². The lowest BCUT2D eigenvalue weighted by atomic mass is 10.3. The summed E-state index contributed by atoms with van der Waals surface area (Å²) in [5.74, 6) is -1.12. The molecule has 0 atom stereocenters. The minimum Gasteiger partial charge on any atom is -0.477 e. The number of aryl methyl sites for hydroxylation is 1. The molecular formula is C13H14N2O4S2. The predicted molar refractivity (Wildman–Crippen MR) is 78.9 cm³/mol. The van der Waals surface area contributed by atoms with E-state index in [2.05, 4.69) is 4.98 Å². The van der Waals surface area contributed by atoms with Crippen LogP contribution >= 0.6 is 11.3 Å². The number of carboxylic acid groups (broad SMARTS) is 1. The molecule has 0 bridgehead atoms. The summed E-state index contributed by atoms with van der Waals surface area (Å²) < 4.78 is 26.1. The number of hydrogen-bond acceptors (Lipinski definition) is 5. The fourth-order valence-electron chi connectivity index (χ4n) is 1.78.